The highest BCUT2D eigenvalue weighted by Gasteiger charge is 2.23. The molecule has 6 heteroatoms. The Balaban J connectivity index is 2.63. The molecule has 16 heavy (non-hydrogen) atoms. The highest BCUT2D eigenvalue weighted by molar-refractivity contribution is 6.31. The van der Waals surface area contributed by atoms with Gasteiger partial charge < -0.3 is 4.74 Å². The molecule has 82 valence electrons. The van der Waals surface area contributed by atoms with Crippen LogP contribution in [0.4, 0.5) is 5.69 Å². The van der Waals surface area contributed by atoms with Crippen LogP contribution in [-0.4, -0.2) is 17.8 Å². The molecule has 0 aliphatic carbocycles. The number of carbonyl (C=O) groups is 1. The van der Waals surface area contributed by atoms with Crippen molar-refractivity contribution in [2.24, 2.45) is 0 Å². The fraction of sp³-hybridized carbons (Fsp3) is 0.100. The quantitative estimate of drug-likeness (QED) is 0.451. The number of hydrogen-bond acceptors (Lipinski definition) is 4. The number of hydrogen-bond donors (Lipinski definition) is 0. The van der Waals surface area contributed by atoms with Crippen molar-refractivity contribution in [1.82, 2.24) is 0 Å². The third-order valence-corrected chi connectivity index (χ3v) is 2.35. The molecule has 0 unspecified atom stereocenters. The van der Waals surface area contributed by atoms with E-state index >= 15 is 0 Å². The average molecular weight is 240 g/mol. The smallest absolute Gasteiger partial charge is 0.313 e. The van der Waals surface area contributed by atoms with E-state index in [0.717, 1.165) is 0 Å². The summed E-state index contributed by atoms with van der Waals surface area (Å²) in [6.07, 6.45) is 2.18. The largest absolute Gasteiger partial charge is 0.481 e. The fourth-order valence-corrected chi connectivity index (χ4v) is 1.69. The minimum absolute atomic E-state index is 0.0406. The molecule has 0 bridgehead atoms. The zero-order chi connectivity index (χ0) is 11.7. The average Bonchev–Trinajstić information content (AvgIpc) is 2.26. The Hall–Kier alpha value is -1.88. The molecule has 1 aromatic rings. The van der Waals surface area contributed by atoms with Crippen molar-refractivity contribution in [1.29, 1.82) is 0 Å². The Morgan fingerprint density at radius 2 is 2.25 bits per heavy atom. The van der Waals surface area contributed by atoms with Gasteiger partial charge in [0, 0.05) is 22.2 Å². The van der Waals surface area contributed by atoms with Gasteiger partial charge in [-0.15, -0.1) is 0 Å². The van der Waals surface area contributed by atoms with E-state index in [4.69, 9.17) is 16.3 Å². The summed E-state index contributed by atoms with van der Waals surface area (Å²) < 4.78 is 5.17. The number of nitro groups is 1. The Kier molecular flexibility index (Phi) is 2.62. The predicted molar refractivity (Wildman–Crippen MR) is 57.6 cm³/mol. The van der Waals surface area contributed by atoms with Crippen LogP contribution in [0.2, 0.25) is 5.02 Å². The van der Waals surface area contributed by atoms with E-state index in [2.05, 4.69) is 0 Å². The minimum Gasteiger partial charge on any atom is -0.481 e. The Labute approximate surface area is 95.4 Å². The first-order valence-corrected chi connectivity index (χ1v) is 4.76. The molecule has 5 nitrogen and oxygen atoms in total. The third-order valence-electron chi connectivity index (χ3n) is 2.13. The topological polar surface area (TPSA) is 69.4 Å². The number of halogens is 1. The molecule has 1 heterocycles. The number of nitrogens with zero attached hydrogens (tertiary/aromatic N) is 1. The summed E-state index contributed by atoms with van der Waals surface area (Å²) in [7, 11) is 0. The molecular formula is C10H6ClNO4. The summed E-state index contributed by atoms with van der Waals surface area (Å²) in [4.78, 5) is 20.7. The number of rotatable bonds is 2. The van der Waals surface area contributed by atoms with E-state index in [1.54, 1.807) is 0 Å². The van der Waals surface area contributed by atoms with Gasteiger partial charge in [0.15, 0.2) is 0 Å². The third kappa shape index (κ3) is 1.77. The molecule has 2 rings (SSSR count). The molecule has 1 aromatic carbocycles. The summed E-state index contributed by atoms with van der Waals surface area (Å²) in [5, 5.41) is 11.0. The van der Waals surface area contributed by atoms with Gasteiger partial charge in [-0.05, 0) is 12.1 Å². The van der Waals surface area contributed by atoms with E-state index in [-0.39, 0.29) is 23.1 Å². The molecule has 1 aliphatic rings. The highest BCUT2D eigenvalue weighted by Crippen LogP contribution is 2.37. The first-order chi connectivity index (χ1) is 7.61. The lowest BCUT2D eigenvalue weighted by Gasteiger charge is -2.15. The van der Waals surface area contributed by atoms with Gasteiger partial charge in [0.1, 0.15) is 12.9 Å². The van der Waals surface area contributed by atoms with Gasteiger partial charge >= 0.3 is 5.69 Å². The fourth-order valence-electron chi connectivity index (χ4n) is 1.46. The molecule has 0 saturated carbocycles. The van der Waals surface area contributed by atoms with Gasteiger partial charge in [0.25, 0.3) is 0 Å². The first kappa shape index (κ1) is 10.6. The number of carbonyl (C=O) groups excluding carboxylic acids is 1. The van der Waals surface area contributed by atoms with Gasteiger partial charge in [-0.25, -0.2) is 0 Å². The van der Waals surface area contributed by atoms with E-state index in [9.17, 15) is 14.9 Å². The molecule has 0 amide bonds. The van der Waals surface area contributed by atoms with Crippen LogP contribution in [0.1, 0.15) is 5.56 Å². The molecular weight excluding hydrogens is 234 g/mol. The van der Waals surface area contributed by atoms with E-state index in [1.165, 1.54) is 18.2 Å². The molecule has 0 atom stereocenters. The SMILES string of the molecule is O=CC1=Cc2cc(Cl)cc([N+](=O)[O-])c2OC1. The van der Waals surface area contributed by atoms with E-state index in [0.29, 0.717) is 17.4 Å². The van der Waals surface area contributed by atoms with Gasteiger partial charge in [0.05, 0.1) is 4.92 Å². The first-order valence-electron chi connectivity index (χ1n) is 4.38. The van der Waals surface area contributed by atoms with Crippen LogP contribution in [0, 0.1) is 10.1 Å². The zero-order valence-corrected chi connectivity index (χ0v) is 8.73. The Morgan fingerprint density at radius 3 is 2.88 bits per heavy atom. The van der Waals surface area contributed by atoms with E-state index < -0.39 is 4.92 Å². The second kappa shape index (κ2) is 3.94. The maximum atomic E-state index is 10.8. The second-order valence-corrected chi connectivity index (χ2v) is 3.66. The lowest BCUT2D eigenvalue weighted by atomic mass is 10.1. The number of ether oxygens (including phenoxy) is 1. The normalized spacial score (nSPS) is 13.4. The number of fused-ring (bicyclic) bond motifs is 1. The van der Waals surface area contributed by atoms with Crippen molar-refractivity contribution in [3.8, 4) is 5.75 Å². The molecule has 0 N–H and O–H groups in total. The zero-order valence-electron chi connectivity index (χ0n) is 7.97. The monoisotopic (exact) mass is 239 g/mol. The van der Waals surface area contributed by atoms with Crippen LogP contribution < -0.4 is 4.74 Å². The molecule has 0 fully saturated rings. The van der Waals surface area contributed by atoms with Gasteiger partial charge in [-0.2, -0.15) is 0 Å². The molecule has 0 saturated heterocycles. The van der Waals surface area contributed by atoms with Crippen molar-refractivity contribution < 1.29 is 14.5 Å². The predicted octanol–water partition coefficient (Wildman–Crippen LogP) is 2.22. The number of aldehydes is 1. The van der Waals surface area contributed by atoms with Crippen LogP contribution in [0.15, 0.2) is 17.7 Å². The van der Waals surface area contributed by atoms with Crippen molar-refractivity contribution in [2.45, 2.75) is 0 Å². The van der Waals surface area contributed by atoms with Crippen molar-refractivity contribution in [2.75, 3.05) is 6.61 Å². The standard InChI is InChI=1S/C10H6ClNO4/c11-8-2-7-1-6(4-13)5-16-10(7)9(3-8)12(14)15/h1-4H,5H2. The Bertz CT molecular complexity index is 510. The van der Waals surface area contributed by atoms with Gasteiger partial charge in [0.2, 0.25) is 5.75 Å². The van der Waals surface area contributed by atoms with Crippen LogP contribution in [-0.2, 0) is 4.79 Å². The number of nitro benzene ring substituents is 1. The van der Waals surface area contributed by atoms with Crippen molar-refractivity contribution in [3.05, 3.63) is 38.4 Å². The van der Waals surface area contributed by atoms with Crippen LogP contribution in [0.5, 0.6) is 5.75 Å². The van der Waals surface area contributed by atoms with Crippen LogP contribution in [0.25, 0.3) is 6.08 Å². The highest BCUT2D eigenvalue weighted by atomic mass is 35.5. The summed E-state index contributed by atoms with van der Waals surface area (Å²) in [5.74, 6) is 0.153. The maximum absolute atomic E-state index is 10.8. The Morgan fingerprint density at radius 1 is 1.50 bits per heavy atom. The summed E-state index contributed by atoms with van der Waals surface area (Å²) >= 11 is 5.74. The lowest BCUT2D eigenvalue weighted by molar-refractivity contribution is -0.385. The molecule has 1 aliphatic heterocycles. The van der Waals surface area contributed by atoms with Crippen LogP contribution >= 0.6 is 11.6 Å². The molecule has 0 radical (unpaired) electrons. The second-order valence-electron chi connectivity index (χ2n) is 3.23. The van der Waals surface area contributed by atoms with Crippen molar-refractivity contribution >= 4 is 29.7 Å². The minimum atomic E-state index is -0.565. The number of benzene rings is 1. The summed E-state index contributed by atoms with van der Waals surface area (Å²) in [5.41, 5.74) is 0.681. The maximum Gasteiger partial charge on any atom is 0.313 e. The van der Waals surface area contributed by atoms with Gasteiger partial charge in [-0.3, -0.25) is 14.9 Å². The summed E-state index contributed by atoms with van der Waals surface area (Å²) in [6.45, 7) is 0.0406. The summed E-state index contributed by atoms with van der Waals surface area (Å²) in [6, 6.07) is 2.74. The van der Waals surface area contributed by atoms with Crippen LogP contribution in [0.3, 0.4) is 0 Å². The van der Waals surface area contributed by atoms with Crippen molar-refractivity contribution in [3.63, 3.8) is 0 Å². The van der Waals surface area contributed by atoms with Gasteiger partial charge in [-0.1, -0.05) is 11.6 Å². The molecule has 0 spiro atoms. The molecule has 0 aromatic heterocycles. The lowest BCUT2D eigenvalue weighted by Crippen LogP contribution is -2.09. The van der Waals surface area contributed by atoms with E-state index in [1.807, 2.05) is 0 Å².